The summed E-state index contributed by atoms with van der Waals surface area (Å²) in [7, 11) is 1.54. The van der Waals surface area contributed by atoms with Gasteiger partial charge in [-0.05, 0) is 18.8 Å². The summed E-state index contributed by atoms with van der Waals surface area (Å²) in [6.45, 7) is -0.189. The molecule has 1 rings (SSSR count). The smallest absolute Gasteiger partial charge is 0.323 e. The second-order valence-electron chi connectivity index (χ2n) is 3.64. The van der Waals surface area contributed by atoms with Crippen molar-refractivity contribution in [1.29, 1.82) is 0 Å². The molecule has 4 heteroatoms. The van der Waals surface area contributed by atoms with Gasteiger partial charge in [0.15, 0.2) is 0 Å². The first kappa shape index (κ1) is 10.0. The van der Waals surface area contributed by atoms with Gasteiger partial charge in [0, 0.05) is 13.5 Å². The highest BCUT2D eigenvalue weighted by Gasteiger charge is 2.22. The number of amides is 1. The van der Waals surface area contributed by atoms with Crippen molar-refractivity contribution in [3.8, 4) is 0 Å². The van der Waals surface area contributed by atoms with Crippen LogP contribution in [0, 0.1) is 5.92 Å². The first-order chi connectivity index (χ1) is 6.09. The van der Waals surface area contributed by atoms with Crippen LogP contribution in [0.1, 0.15) is 25.7 Å². The van der Waals surface area contributed by atoms with E-state index in [1.165, 1.54) is 18.4 Å². The maximum atomic E-state index is 11.3. The zero-order valence-electron chi connectivity index (χ0n) is 7.82. The minimum atomic E-state index is -0.954. The molecule has 4 nitrogen and oxygen atoms in total. The van der Waals surface area contributed by atoms with Crippen LogP contribution < -0.4 is 0 Å². The average molecular weight is 185 g/mol. The molecule has 1 fully saturated rings. The van der Waals surface area contributed by atoms with Crippen molar-refractivity contribution >= 4 is 11.9 Å². The minimum Gasteiger partial charge on any atom is -0.480 e. The Morgan fingerprint density at radius 2 is 2.08 bits per heavy atom. The van der Waals surface area contributed by atoms with E-state index in [0.717, 1.165) is 12.8 Å². The molecule has 0 aromatic heterocycles. The molecule has 1 N–H and O–H groups in total. The van der Waals surface area contributed by atoms with E-state index in [9.17, 15) is 9.59 Å². The highest BCUT2D eigenvalue weighted by Crippen LogP contribution is 2.29. The lowest BCUT2D eigenvalue weighted by molar-refractivity contribution is -0.144. The lowest BCUT2D eigenvalue weighted by atomic mass is 9.83. The number of carboxylic acids is 1. The van der Waals surface area contributed by atoms with Crippen molar-refractivity contribution in [3.63, 3.8) is 0 Å². The Labute approximate surface area is 77.5 Å². The van der Waals surface area contributed by atoms with E-state index in [1.807, 2.05) is 0 Å². The Hall–Kier alpha value is -1.06. The summed E-state index contributed by atoms with van der Waals surface area (Å²) >= 11 is 0. The normalized spacial score (nSPS) is 16.4. The molecule has 1 amide bonds. The molecule has 74 valence electrons. The number of rotatable bonds is 4. The van der Waals surface area contributed by atoms with Crippen molar-refractivity contribution in [2.75, 3.05) is 13.6 Å². The third kappa shape index (κ3) is 3.05. The molecular formula is C9H15NO3. The van der Waals surface area contributed by atoms with Crippen LogP contribution in [-0.4, -0.2) is 35.5 Å². The van der Waals surface area contributed by atoms with Gasteiger partial charge in [-0.25, -0.2) is 0 Å². The van der Waals surface area contributed by atoms with Gasteiger partial charge in [0.2, 0.25) is 5.91 Å². The van der Waals surface area contributed by atoms with Crippen LogP contribution in [0.5, 0.6) is 0 Å². The van der Waals surface area contributed by atoms with Crippen LogP contribution in [0.2, 0.25) is 0 Å². The van der Waals surface area contributed by atoms with Gasteiger partial charge in [0.1, 0.15) is 6.54 Å². The van der Waals surface area contributed by atoms with Crippen LogP contribution >= 0.6 is 0 Å². The summed E-state index contributed by atoms with van der Waals surface area (Å²) in [5.74, 6) is -0.500. The van der Waals surface area contributed by atoms with Crippen LogP contribution in [0.25, 0.3) is 0 Å². The van der Waals surface area contributed by atoms with E-state index in [2.05, 4.69) is 0 Å². The Morgan fingerprint density at radius 1 is 1.46 bits per heavy atom. The fraction of sp³-hybridized carbons (Fsp3) is 0.778. The monoisotopic (exact) mass is 185 g/mol. The molecule has 0 unspecified atom stereocenters. The number of carboxylic acid groups (broad SMARTS) is 1. The second-order valence-corrected chi connectivity index (χ2v) is 3.64. The first-order valence-electron chi connectivity index (χ1n) is 4.55. The number of hydrogen-bond acceptors (Lipinski definition) is 2. The molecule has 1 aliphatic rings. The third-order valence-electron chi connectivity index (χ3n) is 2.49. The van der Waals surface area contributed by atoms with Crippen LogP contribution in [0.3, 0.4) is 0 Å². The summed E-state index contributed by atoms with van der Waals surface area (Å²) < 4.78 is 0. The van der Waals surface area contributed by atoms with Gasteiger partial charge in [-0.1, -0.05) is 6.42 Å². The van der Waals surface area contributed by atoms with Gasteiger partial charge in [-0.2, -0.15) is 0 Å². The minimum absolute atomic E-state index is 0.0490. The maximum Gasteiger partial charge on any atom is 0.323 e. The number of likely N-dealkylation sites (N-methyl/N-ethyl adjacent to an activating group) is 1. The molecule has 0 radical (unpaired) electrons. The number of carbonyl (C=O) groups is 2. The summed E-state index contributed by atoms with van der Waals surface area (Å²) in [6, 6.07) is 0. The molecule has 0 aromatic carbocycles. The van der Waals surface area contributed by atoms with E-state index in [1.54, 1.807) is 0 Å². The largest absolute Gasteiger partial charge is 0.480 e. The predicted molar refractivity (Wildman–Crippen MR) is 47.2 cm³/mol. The summed E-state index contributed by atoms with van der Waals surface area (Å²) in [6.07, 6.45) is 3.96. The standard InChI is InChI=1S/C9H15NO3/c1-10(6-9(12)13)8(11)5-7-3-2-4-7/h7H,2-6H2,1H3,(H,12,13). The van der Waals surface area contributed by atoms with Crippen molar-refractivity contribution < 1.29 is 14.7 Å². The maximum absolute atomic E-state index is 11.3. The molecule has 0 spiro atoms. The zero-order valence-corrected chi connectivity index (χ0v) is 7.82. The molecule has 1 saturated carbocycles. The molecule has 13 heavy (non-hydrogen) atoms. The van der Waals surface area contributed by atoms with E-state index in [0.29, 0.717) is 12.3 Å². The SMILES string of the molecule is CN(CC(=O)O)C(=O)CC1CCC1. The first-order valence-corrected chi connectivity index (χ1v) is 4.55. The van der Waals surface area contributed by atoms with Gasteiger partial charge >= 0.3 is 5.97 Å². The summed E-state index contributed by atoms with van der Waals surface area (Å²) in [5, 5.41) is 8.44. The quantitative estimate of drug-likeness (QED) is 0.702. The van der Waals surface area contributed by atoms with E-state index < -0.39 is 5.97 Å². The van der Waals surface area contributed by atoms with Crippen molar-refractivity contribution in [2.24, 2.45) is 5.92 Å². The Balaban J connectivity index is 2.24. The zero-order chi connectivity index (χ0) is 9.84. The molecule has 0 bridgehead atoms. The molecule has 0 saturated heterocycles. The van der Waals surface area contributed by atoms with Crippen LogP contribution in [-0.2, 0) is 9.59 Å². The van der Waals surface area contributed by atoms with Crippen molar-refractivity contribution in [3.05, 3.63) is 0 Å². The fourth-order valence-electron chi connectivity index (χ4n) is 1.39. The van der Waals surface area contributed by atoms with E-state index in [4.69, 9.17) is 5.11 Å². The van der Waals surface area contributed by atoms with Gasteiger partial charge in [-0.15, -0.1) is 0 Å². The number of nitrogens with zero attached hydrogens (tertiary/aromatic N) is 1. The number of carbonyl (C=O) groups excluding carboxylic acids is 1. The summed E-state index contributed by atoms with van der Waals surface area (Å²) in [4.78, 5) is 22.9. The number of aliphatic carboxylic acids is 1. The lowest BCUT2D eigenvalue weighted by Crippen LogP contribution is -2.34. The van der Waals surface area contributed by atoms with Gasteiger partial charge in [-0.3, -0.25) is 9.59 Å². The average Bonchev–Trinajstić information content (AvgIpc) is 1.94. The Morgan fingerprint density at radius 3 is 2.46 bits per heavy atom. The van der Waals surface area contributed by atoms with Crippen molar-refractivity contribution in [1.82, 2.24) is 4.90 Å². The molecule has 0 aromatic rings. The van der Waals surface area contributed by atoms with E-state index in [-0.39, 0.29) is 12.5 Å². The Bertz CT molecular complexity index is 211. The fourth-order valence-corrected chi connectivity index (χ4v) is 1.39. The molecular weight excluding hydrogens is 170 g/mol. The molecule has 0 aliphatic heterocycles. The van der Waals surface area contributed by atoms with Gasteiger partial charge in [0.05, 0.1) is 0 Å². The second kappa shape index (κ2) is 4.25. The molecule has 0 heterocycles. The highest BCUT2D eigenvalue weighted by molar-refractivity contribution is 5.81. The van der Waals surface area contributed by atoms with Gasteiger partial charge < -0.3 is 10.0 Å². The summed E-state index contributed by atoms with van der Waals surface area (Å²) in [5.41, 5.74) is 0. The van der Waals surface area contributed by atoms with Crippen LogP contribution in [0.4, 0.5) is 0 Å². The van der Waals surface area contributed by atoms with Crippen molar-refractivity contribution in [2.45, 2.75) is 25.7 Å². The Kier molecular flexibility index (Phi) is 3.28. The van der Waals surface area contributed by atoms with Gasteiger partial charge in [0.25, 0.3) is 0 Å². The highest BCUT2D eigenvalue weighted by atomic mass is 16.4. The number of hydrogen-bond donors (Lipinski definition) is 1. The third-order valence-corrected chi connectivity index (χ3v) is 2.49. The lowest BCUT2D eigenvalue weighted by Gasteiger charge is -2.26. The topological polar surface area (TPSA) is 57.6 Å². The predicted octanol–water partition coefficient (Wildman–Crippen LogP) is 0.720. The molecule has 0 atom stereocenters. The van der Waals surface area contributed by atoms with Crippen LogP contribution in [0.15, 0.2) is 0 Å². The van der Waals surface area contributed by atoms with E-state index >= 15 is 0 Å². The molecule has 1 aliphatic carbocycles.